The van der Waals surface area contributed by atoms with Gasteiger partial charge in [0.25, 0.3) is 0 Å². The molecule has 5 fully saturated rings. The Morgan fingerprint density at radius 2 is 1.57 bits per heavy atom. The van der Waals surface area contributed by atoms with Crippen LogP contribution in [-0.2, 0) is 9.47 Å². The lowest BCUT2D eigenvalue weighted by atomic mass is 9.34. The predicted octanol–water partition coefficient (Wildman–Crippen LogP) is 2.27. The van der Waals surface area contributed by atoms with Crippen molar-refractivity contribution >= 4 is 0 Å². The van der Waals surface area contributed by atoms with Crippen LogP contribution in [0.3, 0.4) is 0 Å². The van der Waals surface area contributed by atoms with E-state index >= 15 is 0 Å². The highest BCUT2D eigenvalue weighted by Gasteiger charge is 2.73. The number of rotatable bonds is 8. The van der Waals surface area contributed by atoms with Gasteiger partial charge in [0.1, 0.15) is 24.4 Å². The zero-order valence-electron chi connectivity index (χ0n) is 29.0. The van der Waals surface area contributed by atoms with E-state index in [0.29, 0.717) is 32.1 Å². The molecule has 0 bridgehead atoms. The summed E-state index contributed by atoms with van der Waals surface area (Å²) in [6.07, 6.45) is -1.58. The third-order valence-corrected chi connectivity index (χ3v) is 14.7. The third kappa shape index (κ3) is 5.46. The highest BCUT2D eigenvalue weighted by Crippen LogP contribution is 2.76. The molecule has 8 N–H and O–H groups in total. The smallest absolute Gasteiger partial charge is 0.187 e. The molecule has 4 saturated carbocycles. The van der Waals surface area contributed by atoms with Gasteiger partial charge in [0, 0.05) is 0 Å². The summed E-state index contributed by atoms with van der Waals surface area (Å²) in [5.74, 6) is -0.315. The lowest BCUT2D eigenvalue weighted by Crippen LogP contribution is -2.70. The minimum Gasteiger partial charge on any atom is -0.394 e. The lowest BCUT2D eigenvalue weighted by molar-refractivity contribution is -0.336. The molecule has 0 aromatic rings. The quantitative estimate of drug-likeness (QED) is 0.181. The van der Waals surface area contributed by atoms with Crippen molar-refractivity contribution in [3.05, 3.63) is 11.6 Å². The number of ether oxygens (including phenoxy) is 2. The van der Waals surface area contributed by atoms with Crippen molar-refractivity contribution in [2.24, 2.45) is 45.3 Å². The Kier molecular flexibility index (Phi) is 10.0. The average molecular weight is 655 g/mol. The Morgan fingerprint density at radius 3 is 2.20 bits per heavy atom. The molecule has 0 aromatic carbocycles. The molecule has 10 nitrogen and oxygen atoms in total. The topological polar surface area (TPSA) is 180 Å². The van der Waals surface area contributed by atoms with Crippen LogP contribution >= 0.6 is 0 Å². The highest BCUT2D eigenvalue weighted by molar-refractivity contribution is 5.21. The van der Waals surface area contributed by atoms with Crippen molar-refractivity contribution in [2.75, 3.05) is 13.2 Å². The number of hydrogen-bond donors (Lipinski definition) is 8. The largest absolute Gasteiger partial charge is 0.394 e. The molecular weight excluding hydrogens is 592 g/mol. The van der Waals surface area contributed by atoms with E-state index in [1.807, 2.05) is 19.9 Å². The standard InChI is InChI=1S/C36H62O10/c1-19(17-37)9-8-12-36(7,46-31-29(44)28(43)27(42)23(18-38)45-31)20-10-14-34(5)26(20)21(39)15-24-33(4)13-11-25(41)32(2,3)30(33)22(40)16-35(24,34)6/h9,20-31,37-44H,8,10-18H2,1-7H3/b19-9-/t20-,21+,22-,23+,24+,25-,26-,27+,28-,29+,30-,31-,33+,34+,35+,36-/m0/s1. The molecule has 1 aliphatic heterocycles. The monoisotopic (exact) mass is 654 g/mol. The first-order valence-corrected chi connectivity index (χ1v) is 17.6. The maximum Gasteiger partial charge on any atom is 0.187 e. The first-order chi connectivity index (χ1) is 21.3. The number of fused-ring (bicyclic) bond motifs is 5. The molecule has 0 unspecified atom stereocenters. The fourth-order valence-electron chi connectivity index (χ4n) is 12.1. The van der Waals surface area contributed by atoms with Gasteiger partial charge in [-0.2, -0.15) is 0 Å². The van der Waals surface area contributed by atoms with Crippen LogP contribution in [-0.4, -0.2) is 109 Å². The lowest BCUT2D eigenvalue weighted by Gasteiger charge is -2.71. The van der Waals surface area contributed by atoms with Gasteiger partial charge >= 0.3 is 0 Å². The van der Waals surface area contributed by atoms with E-state index in [0.717, 1.165) is 24.8 Å². The maximum absolute atomic E-state index is 12.3. The van der Waals surface area contributed by atoms with Gasteiger partial charge in [0.15, 0.2) is 6.29 Å². The molecule has 1 saturated heterocycles. The summed E-state index contributed by atoms with van der Waals surface area (Å²) in [4.78, 5) is 0. The molecule has 0 amide bonds. The van der Waals surface area contributed by atoms with Gasteiger partial charge in [0.2, 0.25) is 0 Å². The first-order valence-electron chi connectivity index (χ1n) is 17.6. The maximum atomic E-state index is 12.3. The SMILES string of the molecule is C/C(=C/CC[C@](C)(O[C@@H]1O[C@H](CO)[C@@H](O)[C@H](O)[C@H]1O)[C@H]1CC[C@]2(C)[C@@H]1[C@H](O)C[C@@H]1[C@@]3(C)CC[C@H](O)C(C)(C)[C@@H]3[C@@H](O)C[C@]12C)CO. The molecule has 0 spiro atoms. The van der Waals surface area contributed by atoms with Gasteiger partial charge in [-0.15, -0.1) is 0 Å². The Bertz CT molecular complexity index is 1130. The molecule has 46 heavy (non-hydrogen) atoms. The average Bonchev–Trinajstić information content (AvgIpc) is 3.37. The second-order valence-corrected chi connectivity index (χ2v) is 17.4. The Hall–Kier alpha value is -0.660. The molecule has 0 aromatic heterocycles. The molecule has 5 rings (SSSR count). The normalized spacial score (nSPS) is 51.9. The van der Waals surface area contributed by atoms with Crippen LogP contribution < -0.4 is 0 Å². The van der Waals surface area contributed by atoms with Crippen LogP contribution in [0.5, 0.6) is 0 Å². The summed E-state index contributed by atoms with van der Waals surface area (Å²) in [5, 5.41) is 86.6. The van der Waals surface area contributed by atoms with E-state index < -0.39 is 66.6 Å². The van der Waals surface area contributed by atoms with Crippen molar-refractivity contribution in [3.63, 3.8) is 0 Å². The Labute approximate surface area is 274 Å². The Morgan fingerprint density at radius 1 is 0.891 bits per heavy atom. The van der Waals surface area contributed by atoms with Crippen LogP contribution in [0.15, 0.2) is 11.6 Å². The first kappa shape index (κ1) is 36.6. The number of hydrogen-bond acceptors (Lipinski definition) is 10. The van der Waals surface area contributed by atoms with Crippen molar-refractivity contribution in [1.82, 2.24) is 0 Å². The predicted molar refractivity (Wildman–Crippen MR) is 171 cm³/mol. The van der Waals surface area contributed by atoms with E-state index in [-0.39, 0.29) is 46.5 Å². The molecule has 5 aliphatic rings. The molecule has 1 heterocycles. The van der Waals surface area contributed by atoms with E-state index in [2.05, 4.69) is 34.6 Å². The summed E-state index contributed by atoms with van der Waals surface area (Å²) in [7, 11) is 0. The van der Waals surface area contributed by atoms with E-state index in [1.165, 1.54) is 0 Å². The van der Waals surface area contributed by atoms with Crippen molar-refractivity contribution in [1.29, 1.82) is 0 Å². The summed E-state index contributed by atoms with van der Waals surface area (Å²) >= 11 is 0. The molecule has 16 atom stereocenters. The fourth-order valence-corrected chi connectivity index (χ4v) is 12.1. The van der Waals surface area contributed by atoms with E-state index in [1.54, 1.807) is 0 Å². The summed E-state index contributed by atoms with van der Waals surface area (Å²) in [5.41, 5.74) is -1.50. The van der Waals surface area contributed by atoms with Crippen LogP contribution in [0.2, 0.25) is 0 Å². The molecule has 4 aliphatic carbocycles. The summed E-state index contributed by atoms with van der Waals surface area (Å²) < 4.78 is 12.5. The second-order valence-electron chi connectivity index (χ2n) is 17.4. The summed E-state index contributed by atoms with van der Waals surface area (Å²) in [6.45, 7) is 14.2. The van der Waals surface area contributed by atoms with Gasteiger partial charge in [-0.1, -0.05) is 46.3 Å². The van der Waals surface area contributed by atoms with Crippen LogP contribution in [0.1, 0.15) is 99.8 Å². The van der Waals surface area contributed by atoms with Crippen molar-refractivity contribution in [3.8, 4) is 0 Å². The van der Waals surface area contributed by atoms with Crippen LogP contribution in [0.25, 0.3) is 0 Å². The number of aliphatic hydroxyl groups is 8. The van der Waals surface area contributed by atoms with E-state index in [4.69, 9.17) is 9.47 Å². The van der Waals surface area contributed by atoms with Gasteiger partial charge in [0.05, 0.1) is 37.1 Å². The minimum atomic E-state index is -1.57. The molecule has 266 valence electrons. The summed E-state index contributed by atoms with van der Waals surface area (Å²) in [6, 6.07) is 0. The van der Waals surface area contributed by atoms with Crippen LogP contribution in [0, 0.1) is 45.3 Å². The zero-order valence-corrected chi connectivity index (χ0v) is 29.0. The van der Waals surface area contributed by atoms with E-state index in [9.17, 15) is 40.9 Å². The fraction of sp³-hybridized carbons (Fsp3) is 0.944. The molecule has 10 heteroatoms. The highest BCUT2D eigenvalue weighted by atomic mass is 16.7. The molecular formula is C36H62O10. The van der Waals surface area contributed by atoms with Crippen LogP contribution in [0.4, 0.5) is 0 Å². The number of allylic oxidation sites excluding steroid dienone is 1. The van der Waals surface area contributed by atoms with Crippen molar-refractivity contribution < 1.29 is 50.3 Å². The van der Waals surface area contributed by atoms with Gasteiger partial charge in [-0.3, -0.25) is 0 Å². The van der Waals surface area contributed by atoms with Gasteiger partial charge < -0.3 is 50.3 Å². The third-order valence-electron chi connectivity index (χ3n) is 14.7. The van der Waals surface area contributed by atoms with Crippen molar-refractivity contribution in [2.45, 2.75) is 154 Å². The molecule has 0 radical (unpaired) electrons. The second kappa shape index (κ2) is 12.6. The minimum absolute atomic E-state index is 0.0667. The van der Waals surface area contributed by atoms with Gasteiger partial charge in [-0.25, -0.2) is 0 Å². The zero-order chi connectivity index (χ0) is 34.2. The Balaban J connectivity index is 1.51. The van der Waals surface area contributed by atoms with Gasteiger partial charge in [-0.05, 0) is 111 Å². The number of aliphatic hydroxyl groups excluding tert-OH is 8.